The quantitative estimate of drug-likeness (QED) is 0.330. The maximum absolute atomic E-state index is 15.0. The number of hydrogen-bond acceptors (Lipinski definition) is 8. The van der Waals surface area contributed by atoms with Crippen molar-refractivity contribution in [3.63, 3.8) is 0 Å². The monoisotopic (exact) mass is 536 g/mol. The second kappa shape index (κ2) is 11.1. The van der Waals surface area contributed by atoms with E-state index >= 15 is 0 Å². The van der Waals surface area contributed by atoms with Crippen LogP contribution >= 0.6 is 0 Å². The first-order valence-electron chi connectivity index (χ1n) is 13.0. The van der Waals surface area contributed by atoms with Crippen molar-refractivity contribution in [1.82, 2.24) is 25.5 Å². The number of morpholine rings is 2. The highest BCUT2D eigenvalue weighted by molar-refractivity contribution is 6.26. The number of nitrogens with one attached hydrogen (secondary N) is 3. The first-order valence-corrected chi connectivity index (χ1v) is 13.0. The molecule has 0 bridgehead atoms. The molecule has 0 atom stereocenters. The van der Waals surface area contributed by atoms with Gasteiger partial charge < -0.3 is 19.5 Å². The average Bonchev–Trinajstić information content (AvgIpc) is 3.51. The smallest absolute Gasteiger partial charge is 0.333 e. The minimum atomic E-state index is -0.531. The summed E-state index contributed by atoms with van der Waals surface area (Å²) in [6, 6.07) is 9.35. The molecule has 12 heteroatoms. The molecule has 1 aliphatic carbocycles. The average molecular weight is 537 g/mol. The molecule has 2 aliphatic heterocycles. The third kappa shape index (κ3) is 5.23. The molecule has 1 aromatic heterocycles. The Hall–Kier alpha value is -3.84. The van der Waals surface area contributed by atoms with Crippen molar-refractivity contribution in [2.24, 2.45) is 0 Å². The van der Waals surface area contributed by atoms with Crippen LogP contribution < -0.4 is 15.5 Å². The minimum absolute atomic E-state index is 0.145. The first-order chi connectivity index (χ1) is 19.1. The normalized spacial score (nSPS) is 17.5. The van der Waals surface area contributed by atoms with E-state index in [1.807, 2.05) is 0 Å². The largest absolute Gasteiger partial charge is 0.489 e. The van der Waals surface area contributed by atoms with Crippen LogP contribution in [-0.2, 0) is 9.47 Å². The summed E-state index contributed by atoms with van der Waals surface area (Å²) >= 11 is 0. The molecule has 0 radical (unpaired) electrons. The fraction of sp³-hybridized carbons (Fsp3) is 0.370. The molecular formula is C27H29FN6O5. The molecule has 3 N–H and O–H groups in total. The Morgan fingerprint density at radius 3 is 2.59 bits per heavy atom. The fourth-order valence-electron chi connectivity index (χ4n) is 5.04. The molecule has 2 saturated heterocycles. The number of H-pyrrole nitrogens is 1. The maximum Gasteiger partial charge on any atom is 0.333 e. The van der Waals surface area contributed by atoms with E-state index in [1.165, 1.54) is 6.07 Å². The Labute approximate surface area is 224 Å². The van der Waals surface area contributed by atoms with Crippen LogP contribution in [0.2, 0.25) is 0 Å². The molecule has 2 fully saturated rings. The van der Waals surface area contributed by atoms with Crippen LogP contribution in [0.15, 0.2) is 36.4 Å². The molecule has 0 unspecified atom stereocenters. The number of aromatic amines is 1. The molecule has 11 nitrogen and oxygen atoms in total. The first kappa shape index (κ1) is 25.4. The Kier molecular flexibility index (Phi) is 7.24. The molecule has 0 saturated carbocycles. The second-order valence-corrected chi connectivity index (χ2v) is 9.49. The Morgan fingerprint density at radius 1 is 1.05 bits per heavy atom. The summed E-state index contributed by atoms with van der Waals surface area (Å²) in [5.74, 6) is -0.680. The third-order valence-electron chi connectivity index (χ3n) is 7.05. The van der Waals surface area contributed by atoms with E-state index in [9.17, 15) is 14.0 Å². The van der Waals surface area contributed by atoms with E-state index in [2.05, 4.69) is 25.8 Å². The third-order valence-corrected chi connectivity index (χ3v) is 7.05. The second-order valence-electron chi connectivity index (χ2n) is 9.49. The van der Waals surface area contributed by atoms with E-state index in [0.29, 0.717) is 92.0 Å². The SMILES string of the molecule is O=C(Nc1cccc2c1C(=O)c1c(-c3ccc(OCCN4CCOCC4)c(F)c3)n[nH]c1-2)NN1CCOCC1. The number of rotatable bonds is 7. The van der Waals surface area contributed by atoms with Crippen LogP contribution in [0.3, 0.4) is 0 Å². The van der Waals surface area contributed by atoms with Crippen LogP contribution in [0.1, 0.15) is 15.9 Å². The van der Waals surface area contributed by atoms with Gasteiger partial charge in [-0.1, -0.05) is 12.1 Å². The van der Waals surface area contributed by atoms with Crippen molar-refractivity contribution in [1.29, 1.82) is 0 Å². The number of amides is 2. The predicted octanol–water partition coefficient (Wildman–Crippen LogP) is 2.51. The van der Waals surface area contributed by atoms with E-state index in [4.69, 9.17) is 14.2 Å². The van der Waals surface area contributed by atoms with Gasteiger partial charge in [0.25, 0.3) is 0 Å². The Bertz CT molecular complexity index is 1380. The lowest BCUT2D eigenvalue weighted by atomic mass is 10.0. The van der Waals surface area contributed by atoms with Gasteiger partial charge in [-0.2, -0.15) is 5.10 Å². The highest BCUT2D eigenvalue weighted by Crippen LogP contribution is 2.43. The number of benzene rings is 2. The number of urea groups is 1. The number of hydrogen-bond donors (Lipinski definition) is 3. The predicted molar refractivity (Wildman–Crippen MR) is 140 cm³/mol. The molecular weight excluding hydrogens is 507 g/mol. The van der Waals surface area contributed by atoms with Crippen LogP contribution in [-0.4, -0.2) is 97.7 Å². The molecule has 39 heavy (non-hydrogen) atoms. The van der Waals surface area contributed by atoms with E-state index in [0.717, 1.165) is 13.1 Å². The van der Waals surface area contributed by atoms with Crippen LogP contribution in [0, 0.1) is 5.82 Å². The molecule has 0 spiro atoms. The van der Waals surface area contributed by atoms with Gasteiger partial charge in [-0.15, -0.1) is 0 Å². The van der Waals surface area contributed by atoms with E-state index in [-0.39, 0.29) is 11.5 Å². The molecule has 2 amide bonds. The number of ketones is 1. The number of hydrazine groups is 1. The van der Waals surface area contributed by atoms with Gasteiger partial charge in [0.05, 0.1) is 48.9 Å². The van der Waals surface area contributed by atoms with Crippen LogP contribution in [0.25, 0.3) is 22.5 Å². The number of aromatic nitrogens is 2. The summed E-state index contributed by atoms with van der Waals surface area (Å²) in [5.41, 5.74) is 5.82. The summed E-state index contributed by atoms with van der Waals surface area (Å²) in [6.45, 7) is 6.32. The maximum atomic E-state index is 15.0. The summed E-state index contributed by atoms with van der Waals surface area (Å²) in [6.07, 6.45) is 0. The van der Waals surface area contributed by atoms with Gasteiger partial charge in [-0.05, 0) is 24.3 Å². The van der Waals surface area contributed by atoms with Crippen molar-refractivity contribution in [3.8, 4) is 28.3 Å². The van der Waals surface area contributed by atoms with Crippen LogP contribution in [0.4, 0.5) is 14.9 Å². The number of fused-ring (bicyclic) bond motifs is 3. The highest BCUT2D eigenvalue weighted by atomic mass is 19.1. The van der Waals surface area contributed by atoms with Crippen molar-refractivity contribution in [2.45, 2.75) is 0 Å². The van der Waals surface area contributed by atoms with E-state index < -0.39 is 11.8 Å². The lowest BCUT2D eigenvalue weighted by Crippen LogP contribution is -2.49. The fourth-order valence-corrected chi connectivity index (χ4v) is 5.04. The number of carbonyl (C=O) groups excluding carboxylic acids is 2. The highest BCUT2D eigenvalue weighted by Gasteiger charge is 2.35. The topological polar surface area (TPSA) is 121 Å². The van der Waals surface area contributed by atoms with Crippen molar-refractivity contribution >= 4 is 17.5 Å². The zero-order chi connectivity index (χ0) is 26.8. The van der Waals surface area contributed by atoms with Gasteiger partial charge in [0.1, 0.15) is 12.3 Å². The number of ether oxygens (including phenoxy) is 3. The number of anilines is 1. The zero-order valence-corrected chi connectivity index (χ0v) is 21.3. The Morgan fingerprint density at radius 2 is 1.82 bits per heavy atom. The summed E-state index contributed by atoms with van der Waals surface area (Å²) in [4.78, 5) is 28.4. The van der Waals surface area contributed by atoms with Gasteiger partial charge in [-0.3, -0.25) is 20.2 Å². The number of halogens is 1. The van der Waals surface area contributed by atoms with Gasteiger partial charge in [-0.25, -0.2) is 14.2 Å². The molecule has 3 aliphatic rings. The van der Waals surface area contributed by atoms with Crippen LogP contribution in [0.5, 0.6) is 5.75 Å². The zero-order valence-electron chi connectivity index (χ0n) is 21.3. The summed E-state index contributed by atoms with van der Waals surface area (Å²) < 4.78 is 31.3. The molecule has 204 valence electrons. The van der Waals surface area contributed by atoms with E-state index in [1.54, 1.807) is 35.3 Å². The molecule has 3 aromatic rings. The van der Waals surface area contributed by atoms with Gasteiger partial charge >= 0.3 is 6.03 Å². The summed E-state index contributed by atoms with van der Waals surface area (Å²) in [5, 5.41) is 11.8. The molecule has 6 rings (SSSR count). The molecule has 3 heterocycles. The van der Waals surface area contributed by atoms with Crippen molar-refractivity contribution in [2.75, 3.05) is 71.1 Å². The van der Waals surface area contributed by atoms with Gasteiger partial charge in [0.15, 0.2) is 17.3 Å². The van der Waals surface area contributed by atoms with Crippen molar-refractivity contribution in [3.05, 3.63) is 53.3 Å². The van der Waals surface area contributed by atoms with Gasteiger partial charge in [0.2, 0.25) is 0 Å². The standard InChI is InChI=1S/C27H29FN6O5/c28-19-16-17(4-5-21(19)39-15-8-33-6-11-37-12-7-33)24-23-25(31-30-24)18-2-1-3-20(22(18)26(23)35)29-27(36)32-34-9-13-38-14-10-34/h1-5,16H,6-15H2,(H,30,31)(H2,29,32,36). The Balaban J connectivity index is 1.17. The number of carbonyl (C=O) groups is 2. The van der Waals surface area contributed by atoms with Crippen molar-refractivity contribution < 1.29 is 28.2 Å². The van der Waals surface area contributed by atoms with Gasteiger partial charge in [0, 0.05) is 43.9 Å². The minimum Gasteiger partial charge on any atom is -0.489 e. The molecule has 2 aromatic carbocycles. The lowest BCUT2D eigenvalue weighted by molar-refractivity contribution is 0.0207. The lowest BCUT2D eigenvalue weighted by Gasteiger charge is -2.27. The summed E-state index contributed by atoms with van der Waals surface area (Å²) in [7, 11) is 0. The number of nitrogens with zero attached hydrogens (tertiary/aromatic N) is 3.